The Morgan fingerprint density at radius 1 is 1.21 bits per heavy atom. The lowest BCUT2D eigenvalue weighted by atomic mass is 9.96. The van der Waals surface area contributed by atoms with Crippen molar-refractivity contribution < 1.29 is 28.8 Å². The first kappa shape index (κ1) is 22.0. The van der Waals surface area contributed by atoms with Crippen LogP contribution in [0.3, 0.4) is 0 Å². The van der Waals surface area contributed by atoms with E-state index in [4.69, 9.17) is 59.3 Å². The third kappa shape index (κ3) is 5.06. The maximum Gasteiger partial charge on any atom is 0.407 e. The number of aliphatic hydroxyl groups excluding tert-OH is 1. The van der Waals surface area contributed by atoms with Crippen molar-refractivity contribution in [1.82, 2.24) is 5.32 Å². The average Bonchev–Trinajstić information content (AvgIpc) is 3.10. The number of amides is 1. The minimum atomic E-state index is -1.93. The lowest BCUT2D eigenvalue weighted by molar-refractivity contribution is -0.194. The monoisotopic (exact) mass is 458 g/mol. The van der Waals surface area contributed by atoms with Crippen molar-refractivity contribution in [2.24, 2.45) is 5.11 Å². The molecule has 13 heteroatoms. The van der Waals surface area contributed by atoms with Gasteiger partial charge in [-0.3, -0.25) is 0 Å². The Morgan fingerprint density at radius 2 is 1.89 bits per heavy atom. The average molecular weight is 460 g/mol. The third-order valence-corrected chi connectivity index (χ3v) is 5.49. The molecule has 2 saturated heterocycles. The molecule has 2 aliphatic heterocycles. The summed E-state index contributed by atoms with van der Waals surface area (Å²) in [5.41, 5.74) is 8.76. The Hall–Kier alpha value is -0.710. The van der Waals surface area contributed by atoms with E-state index in [0.717, 1.165) is 32.1 Å². The zero-order valence-electron chi connectivity index (χ0n) is 14.7. The van der Waals surface area contributed by atoms with E-state index < -0.39 is 53.4 Å². The van der Waals surface area contributed by atoms with Crippen LogP contribution >= 0.6 is 34.8 Å². The summed E-state index contributed by atoms with van der Waals surface area (Å²) in [5, 5.41) is 16.0. The first-order valence-corrected chi connectivity index (χ1v) is 10.1. The molecule has 1 amide bonds. The molecule has 1 saturated carbocycles. The summed E-state index contributed by atoms with van der Waals surface area (Å²) in [6, 6.07) is 0.0275. The molecule has 0 aromatic rings. The number of carbonyl (C=O) groups is 1. The Bertz CT molecular complexity index is 611. The van der Waals surface area contributed by atoms with E-state index in [1.165, 1.54) is 0 Å². The summed E-state index contributed by atoms with van der Waals surface area (Å²) in [4.78, 5) is 15.1. The molecule has 0 unspecified atom stereocenters. The highest BCUT2D eigenvalue weighted by Crippen LogP contribution is 2.43. The maximum absolute atomic E-state index is 12.4. The standard InChI is InChI=1S/C15H21Cl3N4O6/c16-15(17,18)13-26-10-9(28-14(24)20-7-4-2-1-3-5-7)8(6-23)25-12(21-22-19)11(10)27-13/h7-13,23H,1-6H2,(H,20,24)/t8-,9+,10-,11-,12-,13+/m1/s1. The van der Waals surface area contributed by atoms with Crippen LogP contribution in [-0.2, 0) is 18.9 Å². The third-order valence-electron chi connectivity index (χ3n) is 4.95. The second-order valence-corrected chi connectivity index (χ2v) is 9.25. The van der Waals surface area contributed by atoms with Gasteiger partial charge in [-0.05, 0) is 18.4 Å². The van der Waals surface area contributed by atoms with Gasteiger partial charge >= 0.3 is 6.09 Å². The van der Waals surface area contributed by atoms with E-state index >= 15 is 0 Å². The number of aliphatic hydroxyl groups is 1. The van der Waals surface area contributed by atoms with Crippen molar-refractivity contribution in [3.63, 3.8) is 0 Å². The molecule has 2 heterocycles. The predicted molar refractivity (Wildman–Crippen MR) is 99.0 cm³/mol. The number of fused-ring (bicyclic) bond motifs is 1. The van der Waals surface area contributed by atoms with Gasteiger partial charge in [0.2, 0.25) is 10.1 Å². The predicted octanol–water partition coefficient (Wildman–Crippen LogP) is 2.92. The fourth-order valence-electron chi connectivity index (χ4n) is 3.67. The number of carbonyl (C=O) groups excluding carboxylic acids is 1. The topological polar surface area (TPSA) is 135 Å². The number of rotatable bonds is 4. The highest BCUT2D eigenvalue weighted by Gasteiger charge is 2.57. The second kappa shape index (κ2) is 9.40. The maximum atomic E-state index is 12.4. The van der Waals surface area contributed by atoms with Crippen molar-refractivity contribution in [2.75, 3.05) is 6.61 Å². The fraction of sp³-hybridized carbons (Fsp3) is 0.933. The van der Waals surface area contributed by atoms with Crippen molar-refractivity contribution in [3.05, 3.63) is 10.4 Å². The number of nitrogens with zero attached hydrogens (tertiary/aromatic N) is 3. The van der Waals surface area contributed by atoms with Gasteiger partial charge in [0.1, 0.15) is 18.3 Å². The highest BCUT2D eigenvalue weighted by molar-refractivity contribution is 6.67. The van der Waals surface area contributed by atoms with Crippen molar-refractivity contribution >= 4 is 40.9 Å². The van der Waals surface area contributed by atoms with Crippen molar-refractivity contribution in [2.45, 2.75) is 78.9 Å². The molecule has 158 valence electrons. The molecule has 0 aromatic heterocycles. The number of nitrogens with one attached hydrogen (secondary N) is 1. The summed E-state index contributed by atoms with van der Waals surface area (Å²) >= 11 is 17.5. The van der Waals surface area contributed by atoms with E-state index in [1.54, 1.807) is 0 Å². The molecule has 28 heavy (non-hydrogen) atoms. The van der Waals surface area contributed by atoms with Gasteiger partial charge in [0.05, 0.1) is 6.61 Å². The number of ether oxygens (including phenoxy) is 4. The molecular formula is C15H21Cl3N4O6. The van der Waals surface area contributed by atoms with Gasteiger partial charge in [0.25, 0.3) is 0 Å². The first-order valence-electron chi connectivity index (χ1n) is 8.98. The van der Waals surface area contributed by atoms with Gasteiger partial charge in [-0.1, -0.05) is 59.2 Å². The number of alkyl carbamates (subject to hydrolysis) is 1. The van der Waals surface area contributed by atoms with Gasteiger partial charge in [-0.25, -0.2) is 4.79 Å². The van der Waals surface area contributed by atoms with E-state index in [-0.39, 0.29) is 6.04 Å². The Morgan fingerprint density at radius 3 is 2.50 bits per heavy atom. The summed E-state index contributed by atoms with van der Waals surface area (Å²) in [6.45, 7) is -0.510. The molecule has 10 nitrogen and oxygen atoms in total. The minimum Gasteiger partial charge on any atom is -0.440 e. The van der Waals surface area contributed by atoms with Gasteiger partial charge in [-0.2, -0.15) is 0 Å². The molecule has 3 fully saturated rings. The molecular weight excluding hydrogens is 439 g/mol. The van der Waals surface area contributed by atoms with Gasteiger partial charge < -0.3 is 29.4 Å². The van der Waals surface area contributed by atoms with Gasteiger partial charge in [-0.15, -0.1) is 0 Å². The van der Waals surface area contributed by atoms with E-state index in [9.17, 15) is 9.90 Å². The zero-order valence-corrected chi connectivity index (χ0v) is 17.0. The molecule has 3 rings (SSSR count). The molecule has 6 atom stereocenters. The van der Waals surface area contributed by atoms with E-state index in [2.05, 4.69) is 15.3 Å². The zero-order chi connectivity index (χ0) is 20.3. The molecule has 0 radical (unpaired) electrons. The van der Waals surface area contributed by atoms with Crippen LogP contribution in [0, 0.1) is 0 Å². The lowest BCUT2D eigenvalue weighted by Gasteiger charge is -2.39. The van der Waals surface area contributed by atoms with Gasteiger partial charge in [0.15, 0.2) is 12.3 Å². The second-order valence-electron chi connectivity index (χ2n) is 6.88. The van der Waals surface area contributed by atoms with Crippen LogP contribution in [0.1, 0.15) is 32.1 Å². The van der Waals surface area contributed by atoms with E-state index in [1.807, 2.05) is 0 Å². The van der Waals surface area contributed by atoms with Crippen molar-refractivity contribution in [1.29, 1.82) is 0 Å². The summed E-state index contributed by atoms with van der Waals surface area (Å²) < 4.78 is 20.3. The first-order chi connectivity index (χ1) is 13.3. The van der Waals surface area contributed by atoms with Crippen LogP contribution < -0.4 is 5.32 Å². The molecule has 0 bridgehead atoms. The SMILES string of the molecule is [N-]=[N+]=N[C@@H]1O[C@H](CO)[C@H](OC(=O)NC2CCCCC2)[C@H]2O[C@H](C(Cl)(Cl)Cl)O[C@H]21. The number of alkyl halides is 3. The van der Waals surface area contributed by atoms with E-state index in [0.29, 0.717) is 0 Å². The summed E-state index contributed by atoms with van der Waals surface area (Å²) in [5.74, 6) is 0. The Labute approximate surface area is 176 Å². The molecule has 1 aliphatic carbocycles. The number of azide groups is 1. The Balaban J connectivity index is 1.74. The molecule has 3 aliphatic rings. The lowest BCUT2D eigenvalue weighted by Crippen LogP contribution is -2.59. The largest absolute Gasteiger partial charge is 0.440 e. The summed E-state index contributed by atoms with van der Waals surface area (Å²) in [6.07, 6.45) is -2.14. The molecule has 0 aromatic carbocycles. The Kier molecular flexibility index (Phi) is 7.38. The number of halogens is 3. The smallest absolute Gasteiger partial charge is 0.407 e. The number of hydrogen-bond donors (Lipinski definition) is 2. The highest BCUT2D eigenvalue weighted by atomic mass is 35.6. The van der Waals surface area contributed by atoms with Crippen LogP contribution in [0.2, 0.25) is 0 Å². The van der Waals surface area contributed by atoms with Gasteiger partial charge in [0, 0.05) is 11.0 Å². The van der Waals surface area contributed by atoms with Crippen LogP contribution in [-0.4, -0.2) is 64.6 Å². The van der Waals surface area contributed by atoms with Crippen LogP contribution in [0.5, 0.6) is 0 Å². The van der Waals surface area contributed by atoms with Crippen molar-refractivity contribution in [3.8, 4) is 0 Å². The van der Waals surface area contributed by atoms with Crippen LogP contribution in [0.25, 0.3) is 10.4 Å². The quantitative estimate of drug-likeness (QED) is 0.287. The normalized spacial score (nSPS) is 36.3. The minimum absolute atomic E-state index is 0.0275. The number of hydrogen-bond acceptors (Lipinski definition) is 7. The summed E-state index contributed by atoms with van der Waals surface area (Å²) in [7, 11) is 0. The van der Waals surface area contributed by atoms with Crippen LogP contribution in [0.4, 0.5) is 4.79 Å². The molecule has 2 N–H and O–H groups in total. The fourth-order valence-corrected chi connectivity index (χ4v) is 3.98. The molecule has 0 spiro atoms. The van der Waals surface area contributed by atoms with Crippen LogP contribution in [0.15, 0.2) is 5.11 Å².